The minimum Gasteiger partial charge on any atom is -0.441 e. The van der Waals surface area contributed by atoms with Crippen molar-refractivity contribution in [2.45, 2.75) is 6.92 Å². The van der Waals surface area contributed by atoms with E-state index in [-0.39, 0.29) is 0 Å². The van der Waals surface area contributed by atoms with E-state index in [1.54, 1.807) is 6.92 Å². The monoisotopic (exact) mass is 309 g/mol. The molecule has 1 heterocycles. The third-order valence-electron chi connectivity index (χ3n) is 3.50. The van der Waals surface area contributed by atoms with Gasteiger partial charge in [-0.05, 0) is 13.0 Å². The average molecular weight is 309 g/mol. The largest absolute Gasteiger partial charge is 0.441 e. The SMILES string of the molecule is C=Cc1nc(P(=O)(c2ccccc2)c2ccccc2)c(C)o1. The lowest BCUT2D eigenvalue weighted by molar-refractivity contribution is 0.518. The number of benzene rings is 2. The predicted octanol–water partition coefficient (Wildman–Crippen LogP) is 3.27. The molecule has 0 aliphatic carbocycles. The first-order valence-corrected chi connectivity index (χ1v) is 8.68. The van der Waals surface area contributed by atoms with Crippen LogP contribution in [0.4, 0.5) is 0 Å². The van der Waals surface area contributed by atoms with Gasteiger partial charge in [-0.2, -0.15) is 0 Å². The van der Waals surface area contributed by atoms with Crippen molar-refractivity contribution < 1.29 is 8.98 Å². The molecule has 0 amide bonds. The molecule has 3 rings (SSSR count). The molecule has 0 bridgehead atoms. The molecular weight excluding hydrogens is 293 g/mol. The summed E-state index contributed by atoms with van der Waals surface area (Å²) in [6, 6.07) is 18.8. The highest BCUT2D eigenvalue weighted by Gasteiger charge is 2.34. The van der Waals surface area contributed by atoms with E-state index in [9.17, 15) is 4.57 Å². The summed E-state index contributed by atoms with van der Waals surface area (Å²) in [6.07, 6.45) is 1.52. The summed E-state index contributed by atoms with van der Waals surface area (Å²) in [4.78, 5) is 4.41. The van der Waals surface area contributed by atoms with Crippen molar-refractivity contribution in [2.24, 2.45) is 0 Å². The maximum absolute atomic E-state index is 14.0. The molecule has 0 aliphatic heterocycles. The van der Waals surface area contributed by atoms with Crippen LogP contribution in [0.1, 0.15) is 11.7 Å². The van der Waals surface area contributed by atoms with Gasteiger partial charge in [-0.1, -0.05) is 67.2 Å². The Labute approximate surface area is 129 Å². The average Bonchev–Trinajstić information content (AvgIpc) is 2.97. The second kappa shape index (κ2) is 5.78. The van der Waals surface area contributed by atoms with Gasteiger partial charge in [0, 0.05) is 10.6 Å². The van der Waals surface area contributed by atoms with Crippen molar-refractivity contribution in [1.82, 2.24) is 4.98 Å². The standard InChI is InChI=1S/C18H16NO2P/c1-3-17-19-18(14(2)21-17)22(20,15-10-6-4-7-11-15)16-12-8-5-9-13-16/h3-13H,1H2,2H3. The number of hydrogen-bond acceptors (Lipinski definition) is 3. The van der Waals surface area contributed by atoms with Crippen LogP contribution in [0.2, 0.25) is 0 Å². The third-order valence-corrected chi connectivity index (χ3v) is 6.56. The van der Waals surface area contributed by atoms with Gasteiger partial charge in [-0.25, -0.2) is 4.98 Å². The summed E-state index contributed by atoms with van der Waals surface area (Å²) in [5, 5.41) is 1.49. The van der Waals surface area contributed by atoms with Crippen LogP contribution < -0.4 is 16.0 Å². The Kier molecular flexibility index (Phi) is 3.82. The first kappa shape index (κ1) is 14.6. The van der Waals surface area contributed by atoms with Crippen molar-refractivity contribution in [3.8, 4) is 0 Å². The van der Waals surface area contributed by atoms with Crippen LogP contribution in [0.15, 0.2) is 71.7 Å². The van der Waals surface area contributed by atoms with Crippen LogP contribution >= 0.6 is 7.14 Å². The fourth-order valence-corrected chi connectivity index (χ4v) is 5.16. The number of oxazole rings is 1. The quantitative estimate of drug-likeness (QED) is 0.695. The molecule has 0 spiro atoms. The van der Waals surface area contributed by atoms with E-state index < -0.39 is 7.14 Å². The van der Waals surface area contributed by atoms with Crippen LogP contribution in [0, 0.1) is 6.92 Å². The van der Waals surface area contributed by atoms with Gasteiger partial charge in [0.25, 0.3) is 0 Å². The summed E-state index contributed by atoms with van der Waals surface area (Å²) < 4.78 is 19.6. The number of nitrogens with zero attached hydrogens (tertiary/aromatic N) is 1. The van der Waals surface area contributed by atoms with Crippen molar-refractivity contribution >= 4 is 29.3 Å². The molecule has 1 aromatic heterocycles. The topological polar surface area (TPSA) is 43.1 Å². The number of aromatic nitrogens is 1. The minimum atomic E-state index is -3.06. The second-order valence-electron chi connectivity index (χ2n) is 4.92. The third kappa shape index (κ3) is 2.34. The molecule has 0 atom stereocenters. The summed E-state index contributed by atoms with van der Waals surface area (Å²) in [7, 11) is -3.06. The molecule has 0 unspecified atom stereocenters. The van der Waals surface area contributed by atoms with E-state index in [0.717, 1.165) is 10.6 Å². The molecule has 0 fully saturated rings. The van der Waals surface area contributed by atoms with Gasteiger partial charge in [0.2, 0.25) is 5.89 Å². The number of rotatable bonds is 4. The lowest BCUT2D eigenvalue weighted by Crippen LogP contribution is -2.27. The predicted molar refractivity (Wildman–Crippen MR) is 90.7 cm³/mol. The van der Waals surface area contributed by atoms with Gasteiger partial charge in [-0.15, -0.1) is 0 Å². The van der Waals surface area contributed by atoms with Gasteiger partial charge in [0.1, 0.15) is 5.76 Å². The van der Waals surface area contributed by atoms with Crippen LogP contribution in [0.3, 0.4) is 0 Å². The minimum absolute atomic E-state index is 0.389. The Morgan fingerprint density at radius 1 is 1.00 bits per heavy atom. The zero-order valence-electron chi connectivity index (χ0n) is 12.3. The molecule has 0 radical (unpaired) electrons. The van der Waals surface area contributed by atoms with Crippen LogP contribution in [0.5, 0.6) is 0 Å². The summed E-state index contributed by atoms with van der Waals surface area (Å²) in [6.45, 7) is 5.45. The van der Waals surface area contributed by atoms with E-state index in [4.69, 9.17) is 4.42 Å². The molecule has 3 nitrogen and oxygen atoms in total. The molecule has 0 aliphatic rings. The summed E-state index contributed by atoms with van der Waals surface area (Å²) in [5.74, 6) is 0.950. The molecular formula is C18H16NO2P. The Morgan fingerprint density at radius 2 is 1.50 bits per heavy atom. The van der Waals surface area contributed by atoms with Gasteiger partial charge in [0.15, 0.2) is 12.6 Å². The highest BCUT2D eigenvalue weighted by Crippen LogP contribution is 2.42. The Bertz CT molecular complexity index is 795. The Morgan fingerprint density at radius 3 is 1.91 bits per heavy atom. The maximum Gasteiger partial charge on any atom is 0.219 e. The zero-order chi connectivity index (χ0) is 15.6. The van der Waals surface area contributed by atoms with E-state index in [1.165, 1.54) is 6.08 Å². The molecule has 3 aromatic rings. The van der Waals surface area contributed by atoms with Crippen molar-refractivity contribution in [2.75, 3.05) is 0 Å². The Balaban J connectivity index is 2.31. The van der Waals surface area contributed by atoms with Gasteiger partial charge in [-0.3, -0.25) is 0 Å². The van der Waals surface area contributed by atoms with Gasteiger partial charge in [0.05, 0.1) is 0 Å². The van der Waals surface area contributed by atoms with E-state index in [0.29, 0.717) is 17.1 Å². The number of aryl methyl sites for hydroxylation is 1. The molecule has 0 N–H and O–H groups in total. The molecule has 0 saturated carbocycles. The fourth-order valence-electron chi connectivity index (χ4n) is 2.46. The van der Waals surface area contributed by atoms with Crippen molar-refractivity contribution in [3.05, 3.63) is 78.9 Å². The second-order valence-corrected chi connectivity index (χ2v) is 7.59. The number of hydrogen-bond donors (Lipinski definition) is 0. The van der Waals surface area contributed by atoms with Crippen LogP contribution in [-0.2, 0) is 4.57 Å². The molecule has 22 heavy (non-hydrogen) atoms. The normalized spacial score (nSPS) is 11.3. The van der Waals surface area contributed by atoms with Crippen molar-refractivity contribution in [1.29, 1.82) is 0 Å². The van der Waals surface area contributed by atoms with E-state index in [2.05, 4.69) is 11.6 Å². The van der Waals surface area contributed by atoms with Gasteiger partial charge < -0.3 is 8.98 Å². The maximum atomic E-state index is 14.0. The molecule has 4 heteroatoms. The van der Waals surface area contributed by atoms with Crippen LogP contribution in [-0.4, -0.2) is 4.98 Å². The first-order chi connectivity index (χ1) is 10.7. The first-order valence-electron chi connectivity index (χ1n) is 6.98. The zero-order valence-corrected chi connectivity index (χ0v) is 13.2. The summed E-state index contributed by atoms with van der Waals surface area (Å²) >= 11 is 0. The highest BCUT2D eigenvalue weighted by atomic mass is 31.2. The lowest BCUT2D eigenvalue weighted by Gasteiger charge is -2.17. The molecule has 2 aromatic carbocycles. The van der Waals surface area contributed by atoms with Crippen LogP contribution in [0.25, 0.3) is 6.08 Å². The summed E-state index contributed by atoms with van der Waals surface area (Å²) in [5.41, 5.74) is 0.486. The van der Waals surface area contributed by atoms with Crippen molar-refractivity contribution in [3.63, 3.8) is 0 Å². The molecule has 0 saturated heterocycles. The highest BCUT2D eigenvalue weighted by molar-refractivity contribution is 7.85. The van der Waals surface area contributed by atoms with E-state index in [1.807, 2.05) is 60.7 Å². The fraction of sp³-hybridized carbons (Fsp3) is 0.0556. The molecule has 110 valence electrons. The Hall–Kier alpha value is -2.38. The van der Waals surface area contributed by atoms with Gasteiger partial charge >= 0.3 is 0 Å². The lowest BCUT2D eigenvalue weighted by atomic mass is 10.4. The van der Waals surface area contributed by atoms with E-state index >= 15 is 0 Å². The smallest absolute Gasteiger partial charge is 0.219 e.